The van der Waals surface area contributed by atoms with Gasteiger partial charge in [0.2, 0.25) is 0 Å². The van der Waals surface area contributed by atoms with Crippen LogP contribution < -0.4 is 5.32 Å². The number of carboxylic acids is 1. The van der Waals surface area contributed by atoms with Crippen molar-refractivity contribution in [3.63, 3.8) is 0 Å². The van der Waals surface area contributed by atoms with Crippen LogP contribution in [-0.2, 0) is 9.53 Å². The summed E-state index contributed by atoms with van der Waals surface area (Å²) in [7, 11) is 1.77. The summed E-state index contributed by atoms with van der Waals surface area (Å²) in [5.74, 6) is -0.301. The minimum Gasteiger partial charge on any atom is -0.481 e. The molecule has 1 aromatic rings. The van der Waals surface area contributed by atoms with Crippen LogP contribution in [0.15, 0.2) is 10.4 Å². The molecule has 30 heavy (non-hydrogen) atoms. The quantitative estimate of drug-likeness (QED) is 0.412. The SMILES string of the molecule is COC1CCC(N(C(=O)Nc2ncc(SCCC(=O)O)s2)C2CCCCCC2)CC1. The third-order valence-corrected chi connectivity index (χ3v) is 8.19. The molecule has 0 saturated heterocycles. The lowest BCUT2D eigenvalue weighted by molar-refractivity contribution is -0.136. The summed E-state index contributed by atoms with van der Waals surface area (Å²) in [5.41, 5.74) is 0. The predicted molar refractivity (Wildman–Crippen MR) is 120 cm³/mol. The van der Waals surface area contributed by atoms with E-state index in [4.69, 9.17) is 9.84 Å². The van der Waals surface area contributed by atoms with E-state index in [1.54, 1.807) is 13.3 Å². The zero-order chi connectivity index (χ0) is 21.3. The molecular formula is C21H33N3O4S2. The Balaban J connectivity index is 1.64. The van der Waals surface area contributed by atoms with Crippen LogP contribution >= 0.6 is 23.1 Å². The average molecular weight is 456 g/mol. The monoisotopic (exact) mass is 455 g/mol. The number of urea groups is 1. The molecule has 1 heterocycles. The summed E-state index contributed by atoms with van der Waals surface area (Å²) in [6.07, 6.45) is 13.1. The molecule has 2 saturated carbocycles. The van der Waals surface area contributed by atoms with Crippen LogP contribution in [0.25, 0.3) is 0 Å². The van der Waals surface area contributed by atoms with Crippen molar-refractivity contribution in [2.45, 2.75) is 93.0 Å². The van der Waals surface area contributed by atoms with Gasteiger partial charge in [-0.3, -0.25) is 10.1 Å². The number of carboxylic acid groups (broad SMARTS) is 1. The van der Waals surface area contributed by atoms with Crippen LogP contribution in [0.1, 0.15) is 70.6 Å². The van der Waals surface area contributed by atoms with Gasteiger partial charge in [0.05, 0.1) is 22.9 Å². The topological polar surface area (TPSA) is 91.8 Å². The number of aromatic nitrogens is 1. The van der Waals surface area contributed by atoms with Crippen LogP contribution in [0.4, 0.5) is 9.93 Å². The number of thiazole rings is 1. The maximum Gasteiger partial charge on any atom is 0.324 e. The number of hydrogen-bond donors (Lipinski definition) is 2. The first kappa shape index (κ1) is 23.3. The molecule has 0 unspecified atom stereocenters. The molecular weight excluding hydrogens is 422 g/mol. The van der Waals surface area contributed by atoms with Gasteiger partial charge in [0.15, 0.2) is 5.13 Å². The van der Waals surface area contributed by atoms with Crippen LogP contribution in [-0.4, -0.2) is 58.0 Å². The number of rotatable bonds is 8. The normalized spacial score (nSPS) is 23.0. The Bertz CT molecular complexity index is 684. The Labute approximate surface area is 187 Å². The van der Waals surface area contributed by atoms with Gasteiger partial charge in [-0.1, -0.05) is 37.0 Å². The molecule has 7 nitrogen and oxygen atoms in total. The summed E-state index contributed by atoms with van der Waals surface area (Å²) in [4.78, 5) is 30.5. The Morgan fingerprint density at radius 1 is 1.17 bits per heavy atom. The van der Waals surface area contributed by atoms with Crippen molar-refractivity contribution in [1.29, 1.82) is 0 Å². The zero-order valence-electron chi connectivity index (χ0n) is 17.7. The molecule has 9 heteroatoms. The first-order valence-electron chi connectivity index (χ1n) is 11.0. The molecule has 0 bridgehead atoms. The lowest BCUT2D eigenvalue weighted by Gasteiger charge is -2.41. The third kappa shape index (κ3) is 6.85. The predicted octanol–water partition coefficient (Wildman–Crippen LogP) is 5.22. The van der Waals surface area contributed by atoms with E-state index >= 15 is 0 Å². The molecule has 3 rings (SSSR count). The van der Waals surface area contributed by atoms with Crippen molar-refractivity contribution in [3.8, 4) is 0 Å². The van der Waals surface area contributed by atoms with Crippen molar-refractivity contribution in [2.75, 3.05) is 18.2 Å². The summed E-state index contributed by atoms with van der Waals surface area (Å²) in [6, 6.07) is 0.504. The molecule has 0 radical (unpaired) electrons. The van der Waals surface area contributed by atoms with Gasteiger partial charge in [0.25, 0.3) is 0 Å². The number of aliphatic carboxylic acids is 1. The molecule has 0 atom stereocenters. The standard InChI is InChI=1S/C21H33N3O4S2/c1-28-17-10-8-16(9-11-17)24(15-6-4-2-3-5-7-15)21(27)23-20-22-14-19(30-20)29-13-12-18(25)26/h14-17H,2-13H2,1H3,(H,25,26)(H,22,23,27). The Kier molecular flexibility index (Phi) is 9.27. The van der Waals surface area contributed by atoms with Crippen LogP contribution in [0, 0.1) is 0 Å². The van der Waals surface area contributed by atoms with E-state index < -0.39 is 5.97 Å². The molecule has 2 N–H and O–H groups in total. The zero-order valence-corrected chi connectivity index (χ0v) is 19.3. The number of ether oxygens (including phenoxy) is 1. The second-order valence-corrected chi connectivity index (χ2v) is 10.6. The molecule has 1 aromatic heterocycles. The molecule has 0 aromatic carbocycles. The molecule has 2 aliphatic carbocycles. The number of carbonyl (C=O) groups excluding carboxylic acids is 1. The van der Waals surface area contributed by atoms with Gasteiger partial charge in [-0.2, -0.15) is 0 Å². The second-order valence-electron chi connectivity index (χ2n) is 8.13. The highest BCUT2D eigenvalue weighted by Crippen LogP contribution is 2.33. The number of amides is 2. The van der Waals surface area contributed by atoms with Gasteiger partial charge in [-0.25, -0.2) is 9.78 Å². The summed E-state index contributed by atoms with van der Waals surface area (Å²) < 4.78 is 6.45. The highest BCUT2D eigenvalue weighted by Gasteiger charge is 2.34. The van der Waals surface area contributed by atoms with E-state index in [-0.39, 0.29) is 18.5 Å². The molecule has 2 aliphatic rings. The van der Waals surface area contributed by atoms with Crippen LogP contribution in [0.3, 0.4) is 0 Å². The minimum absolute atomic E-state index is 0.0424. The van der Waals surface area contributed by atoms with E-state index in [9.17, 15) is 9.59 Å². The second kappa shape index (κ2) is 11.9. The number of anilines is 1. The average Bonchev–Trinajstić information content (AvgIpc) is 3.00. The maximum atomic E-state index is 13.4. The lowest BCUT2D eigenvalue weighted by Crippen LogP contribution is -2.50. The van der Waals surface area contributed by atoms with E-state index in [0.29, 0.717) is 23.0 Å². The molecule has 2 fully saturated rings. The first-order chi connectivity index (χ1) is 14.6. The lowest BCUT2D eigenvalue weighted by atomic mass is 9.90. The Morgan fingerprint density at radius 3 is 2.47 bits per heavy atom. The van der Waals surface area contributed by atoms with Crippen molar-refractivity contribution in [1.82, 2.24) is 9.88 Å². The van der Waals surface area contributed by atoms with Crippen molar-refractivity contribution < 1.29 is 19.4 Å². The maximum absolute atomic E-state index is 13.4. The summed E-state index contributed by atoms with van der Waals surface area (Å²) >= 11 is 2.88. The van der Waals surface area contributed by atoms with Gasteiger partial charge >= 0.3 is 12.0 Å². The number of hydrogen-bond acceptors (Lipinski definition) is 6. The number of thioether (sulfide) groups is 1. The smallest absolute Gasteiger partial charge is 0.324 e. The number of nitrogens with one attached hydrogen (secondary N) is 1. The molecule has 0 spiro atoms. The van der Waals surface area contributed by atoms with E-state index in [2.05, 4.69) is 15.2 Å². The van der Waals surface area contributed by atoms with Crippen molar-refractivity contribution in [3.05, 3.63) is 6.20 Å². The van der Waals surface area contributed by atoms with E-state index in [0.717, 1.165) is 42.7 Å². The number of nitrogens with zero attached hydrogens (tertiary/aromatic N) is 2. The van der Waals surface area contributed by atoms with Gasteiger partial charge < -0.3 is 14.7 Å². The van der Waals surface area contributed by atoms with Crippen LogP contribution in [0.2, 0.25) is 0 Å². The van der Waals surface area contributed by atoms with Gasteiger partial charge in [0.1, 0.15) is 0 Å². The van der Waals surface area contributed by atoms with Gasteiger partial charge in [-0.05, 0) is 38.5 Å². The fourth-order valence-electron chi connectivity index (χ4n) is 4.50. The third-order valence-electron chi connectivity index (χ3n) is 6.08. The Hall–Kier alpha value is -1.32. The van der Waals surface area contributed by atoms with Crippen molar-refractivity contribution in [2.24, 2.45) is 0 Å². The minimum atomic E-state index is -0.803. The summed E-state index contributed by atoms with van der Waals surface area (Å²) in [5, 5.41) is 12.4. The highest BCUT2D eigenvalue weighted by atomic mass is 32.2. The van der Waals surface area contributed by atoms with Crippen molar-refractivity contribution >= 4 is 40.2 Å². The van der Waals surface area contributed by atoms with Gasteiger partial charge in [-0.15, -0.1) is 11.8 Å². The number of carbonyl (C=O) groups is 2. The molecule has 2 amide bonds. The van der Waals surface area contributed by atoms with E-state index in [1.165, 1.54) is 48.8 Å². The fourth-order valence-corrected chi connectivity index (χ4v) is 6.37. The van der Waals surface area contributed by atoms with Gasteiger partial charge in [0, 0.05) is 24.9 Å². The molecule has 0 aliphatic heterocycles. The van der Waals surface area contributed by atoms with E-state index in [1.807, 2.05) is 0 Å². The highest BCUT2D eigenvalue weighted by molar-refractivity contribution is 8.01. The Morgan fingerprint density at radius 2 is 1.83 bits per heavy atom. The van der Waals surface area contributed by atoms with Crippen LogP contribution in [0.5, 0.6) is 0 Å². The first-order valence-corrected chi connectivity index (χ1v) is 12.8. The summed E-state index contributed by atoms with van der Waals surface area (Å²) in [6.45, 7) is 0. The molecule has 168 valence electrons. The number of methoxy groups -OCH3 is 1. The largest absolute Gasteiger partial charge is 0.481 e. The fraction of sp³-hybridized carbons (Fsp3) is 0.762.